The average molecular weight is 257 g/mol. The summed E-state index contributed by atoms with van der Waals surface area (Å²) in [5.41, 5.74) is 5.68. The molecule has 1 rings (SSSR count). The minimum absolute atomic E-state index is 0.0626. The fourth-order valence-electron chi connectivity index (χ4n) is 2.09. The van der Waals surface area contributed by atoms with Crippen molar-refractivity contribution < 1.29 is 14.7 Å². The lowest BCUT2D eigenvalue weighted by molar-refractivity contribution is -0.137. The molecule has 1 amide bonds. The van der Waals surface area contributed by atoms with E-state index in [2.05, 4.69) is 4.90 Å². The highest BCUT2D eigenvalue weighted by Gasteiger charge is 2.20. The first-order valence-corrected chi connectivity index (χ1v) is 6.45. The fourth-order valence-corrected chi connectivity index (χ4v) is 2.09. The van der Waals surface area contributed by atoms with Crippen LogP contribution in [0.5, 0.6) is 0 Å². The van der Waals surface area contributed by atoms with E-state index in [1.807, 2.05) is 0 Å². The van der Waals surface area contributed by atoms with Gasteiger partial charge in [0.1, 0.15) is 0 Å². The van der Waals surface area contributed by atoms with Crippen LogP contribution >= 0.6 is 0 Å². The van der Waals surface area contributed by atoms with Gasteiger partial charge in [-0.25, -0.2) is 0 Å². The van der Waals surface area contributed by atoms with Crippen molar-refractivity contribution in [1.82, 2.24) is 9.80 Å². The van der Waals surface area contributed by atoms with E-state index in [4.69, 9.17) is 10.8 Å². The molecule has 0 aromatic heterocycles. The number of carbonyl (C=O) groups excluding carboxylic acids is 1. The van der Waals surface area contributed by atoms with E-state index < -0.39 is 12.0 Å². The zero-order valence-electron chi connectivity index (χ0n) is 11.0. The highest BCUT2D eigenvalue weighted by molar-refractivity contribution is 5.82. The molecule has 6 nitrogen and oxygen atoms in total. The molecule has 1 saturated heterocycles. The Balaban J connectivity index is 2.24. The molecule has 6 heteroatoms. The minimum Gasteiger partial charge on any atom is -0.481 e. The number of carboxylic acid groups (broad SMARTS) is 1. The molecule has 1 aliphatic heterocycles. The lowest BCUT2D eigenvalue weighted by atomic mass is 10.1. The summed E-state index contributed by atoms with van der Waals surface area (Å²) in [6, 6.07) is -0.704. The van der Waals surface area contributed by atoms with Crippen LogP contribution < -0.4 is 5.73 Å². The van der Waals surface area contributed by atoms with Gasteiger partial charge < -0.3 is 20.6 Å². The molecule has 0 saturated carbocycles. The maximum atomic E-state index is 11.8. The summed E-state index contributed by atoms with van der Waals surface area (Å²) < 4.78 is 0. The predicted octanol–water partition coefficient (Wildman–Crippen LogP) is -0.267. The van der Waals surface area contributed by atoms with E-state index in [0.717, 1.165) is 19.6 Å². The Kier molecular flexibility index (Phi) is 6.07. The van der Waals surface area contributed by atoms with E-state index in [-0.39, 0.29) is 18.7 Å². The van der Waals surface area contributed by atoms with Gasteiger partial charge in [-0.05, 0) is 32.4 Å². The molecule has 0 aromatic rings. The van der Waals surface area contributed by atoms with Crippen molar-refractivity contribution in [2.24, 2.45) is 5.73 Å². The maximum absolute atomic E-state index is 11.8. The average Bonchev–Trinajstić information content (AvgIpc) is 2.85. The van der Waals surface area contributed by atoms with E-state index in [0.29, 0.717) is 6.54 Å². The number of carboxylic acids is 1. The number of nitrogens with two attached hydrogens (primary N) is 1. The molecule has 18 heavy (non-hydrogen) atoms. The third-order valence-corrected chi connectivity index (χ3v) is 3.31. The molecule has 0 aromatic carbocycles. The lowest BCUT2D eigenvalue weighted by Crippen LogP contribution is -2.44. The SMILES string of the molecule is CN(CCN1CCCC1)C(=O)C(N)CCC(=O)O. The second-order valence-corrected chi connectivity index (χ2v) is 4.85. The zero-order valence-corrected chi connectivity index (χ0v) is 11.0. The van der Waals surface area contributed by atoms with Gasteiger partial charge in [-0.2, -0.15) is 0 Å². The summed E-state index contributed by atoms with van der Waals surface area (Å²) in [6.45, 7) is 3.73. The molecule has 1 unspecified atom stereocenters. The predicted molar refractivity (Wildman–Crippen MR) is 68.2 cm³/mol. The van der Waals surface area contributed by atoms with Crippen molar-refractivity contribution in [3.8, 4) is 0 Å². The van der Waals surface area contributed by atoms with Gasteiger partial charge in [-0.15, -0.1) is 0 Å². The van der Waals surface area contributed by atoms with Gasteiger partial charge >= 0.3 is 5.97 Å². The topological polar surface area (TPSA) is 86.9 Å². The number of hydrogen-bond acceptors (Lipinski definition) is 4. The number of aliphatic carboxylic acids is 1. The Labute approximate surface area is 108 Å². The Bertz CT molecular complexity index is 290. The molecular formula is C12H23N3O3. The van der Waals surface area contributed by atoms with Crippen LogP contribution in [-0.4, -0.2) is 66.1 Å². The molecule has 1 fully saturated rings. The second kappa shape index (κ2) is 7.33. The van der Waals surface area contributed by atoms with Gasteiger partial charge in [0.15, 0.2) is 0 Å². The van der Waals surface area contributed by atoms with Gasteiger partial charge in [-0.3, -0.25) is 9.59 Å². The van der Waals surface area contributed by atoms with Crippen LogP contribution in [-0.2, 0) is 9.59 Å². The van der Waals surface area contributed by atoms with Crippen LogP contribution in [0.3, 0.4) is 0 Å². The number of amides is 1. The normalized spacial score (nSPS) is 17.7. The largest absolute Gasteiger partial charge is 0.481 e. The molecule has 0 aliphatic carbocycles. The summed E-state index contributed by atoms with van der Waals surface area (Å²) in [5.74, 6) is -1.09. The van der Waals surface area contributed by atoms with Gasteiger partial charge in [0.05, 0.1) is 6.04 Å². The van der Waals surface area contributed by atoms with Crippen molar-refractivity contribution >= 4 is 11.9 Å². The summed E-state index contributed by atoms with van der Waals surface area (Å²) >= 11 is 0. The Hall–Kier alpha value is -1.14. The number of likely N-dealkylation sites (tertiary alicyclic amines) is 1. The number of nitrogens with zero attached hydrogens (tertiary/aromatic N) is 2. The molecule has 3 N–H and O–H groups in total. The summed E-state index contributed by atoms with van der Waals surface area (Å²) in [7, 11) is 1.72. The van der Waals surface area contributed by atoms with Crippen LogP contribution in [0.2, 0.25) is 0 Å². The first-order valence-electron chi connectivity index (χ1n) is 6.45. The number of hydrogen-bond donors (Lipinski definition) is 2. The minimum atomic E-state index is -0.919. The van der Waals surface area contributed by atoms with Crippen LogP contribution in [0.4, 0.5) is 0 Å². The Morgan fingerprint density at radius 3 is 2.56 bits per heavy atom. The molecule has 1 atom stereocenters. The van der Waals surface area contributed by atoms with Gasteiger partial charge in [0, 0.05) is 26.6 Å². The number of carbonyl (C=O) groups is 2. The first-order chi connectivity index (χ1) is 8.50. The Morgan fingerprint density at radius 1 is 1.39 bits per heavy atom. The highest BCUT2D eigenvalue weighted by Crippen LogP contribution is 2.07. The van der Waals surface area contributed by atoms with Gasteiger partial charge in [-0.1, -0.05) is 0 Å². The monoisotopic (exact) mass is 257 g/mol. The highest BCUT2D eigenvalue weighted by atomic mass is 16.4. The standard InChI is InChI=1S/C12H23N3O3/c1-14(8-9-15-6-2-3-7-15)12(18)10(13)4-5-11(16)17/h10H,2-9,13H2,1H3,(H,16,17). The van der Waals surface area contributed by atoms with Gasteiger partial charge in [0.2, 0.25) is 5.91 Å². The Morgan fingerprint density at radius 2 is 2.00 bits per heavy atom. The van der Waals surface area contributed by atoms with Crippen molar-refractivity contribution in [3.05, 3.63) is 0 Å². The molecule has 0 bridgehead atoms. The van der Waals surface area contributed by atoms with Crippen LogP contribution in [0.1, 0.15) is 25.7 Å². The van der Waals surface area contributed by atoms with E-state index in [1.54, 1.807) is 11.9 Å². The number of likely N-dealkylation sites (N-methyl/N-ethyl adjacent to an activating group) is 1. The van der Waals surface area contributed by atoms with Crippen molar-refractivity contribution in [2.75, 3.05) is 33.2 Å². The van der Waals surface area contributed by atoms with Crippen molar-refractivity contribution in [1.29, 1.82) is 0 Å². The molecule has 0 radical (unpaired) electrons. The molecule has 0 spiro atoms. The molecule has 1 aliphatic rings. The summed E-state index contributed by atoms with van der Waals surface area (Å²) in [4.78, 5) is 26.2. The van der Waals surface area contributed by atoms with E-state index in [9.17, 15) is 9.59 Å². The van der Waals surface area contributed by atoms with Crippen molar-refractivity contribution in [2.45, 2.75) is 31.7 Å². The van der Waals surface area contributed by atoms with E-state index >= 15 is 0 Å². The first kappa shape index (κ1) is 14.9. The van der Waals surface area contributed by atoms with Crippen molar-refractivity contribution in [3.63, 3.8) is 0 Å². The lowest BCUT2D eigenvalue weighted by Gasteiger charge is -2.23. The van der Waals surface area contributed by atoms with E-state index in [1.165, 1.54) is 12.8 Å². The summed E-state index contributed by atoms with van der Waals surface area (Å²) in [6.07, 6.45) is 2.60. The molecular weight excluding hydrogens is 234 g/mol. The quantitative estimate of drug-likeness (QED) is 0.656. The summed E-state index contributed by atoms with van der Waals surface area (Å²) in [5, 5.41) is 8.54. The number of rotatable bonds is 7. The van der Waals surface area contributed by atoms with Gasteiger partial charge in [0.25, 0.3) is 0 Å². The molecule has 1 heterocycles. The third kappa shape index (κ3) is 5.01. The second-order valence-electron chi connectivity index (χ2n) is 4.85. The van der Waals surface area contributed by atoms with Crippen LogP contribution in [0.15, 0.2) is 0 Å². The van der Waals surface area contributed by atoms with Crippen LogP contribution in [0.25, 0.3) is 0 Å². The van der Waals surface area contributed by atoms with Crippen LogP contribution in [0, 0.1) is 0 Å². The molecule has 104 valence electrons. The smallest absolute Gasteiger partial charge is 0.303 e. The third-order valence-electron chi connectivity index (χ3n) is 3.31. The maximum Gasteiger partial charge on any atom is 0.303 e. The zero-order chi connectivity index (χ0) is 13.5. The fraction of sp³-hybridized carbons (Fsp3) is 0.833.